The molecule has 0 N–H and O–H groups in total. The summed E-state index contributed by atoms with van der Waals surface area (Å²) >= 11 is 1.91. The van der Waals surface area contributed by atoms with Gasteiger partial charge in [-0.15, -0.1) is 11.3 Å². The Kier molecular flexibility index (Phi) is 5.18. The van der Waals surface area contributed by atoms with E-state index in [9.17, 15) is 0 Å². The Morgan fingerprint density at radius 3 is 2.07 bits per heavy atom. The van der Waals surface area contributed by atoms with Crippen LogP contribution in [0.2, 0.25) is 0 Å². The Balaban J connectivity index is 1.34. The second-order valence-electron chi connectivity index (χ2n) is 12.2. The average Bonchev–Trinajstić information content (AvgIpc) is 3.54. The maximum atomic E-state index is 2.45. The quantitative estimate of drug-likeness (QED) is 0.192. The topological polar surface area (TPSA) is 3.24 Å². The summed E-state index contributed by atoms with van der Waals surface area (Å²) in [7, 11) is 0. The molecule has 0 spiro atoms. The van der Waals surface area contributed by atoms with Gasteiger partial charge in [-0.25, -0.2) is 0 Å². The summed E-state index contributed by atoms with van der Waals surface area (Å²) in [6.07, 6.45) is 0. The summed E-state index contributed by atoms with van der Waals surface area (Å²) in [4.78, 5) is 2.45. The fraction of sp³-hybridized carbons (Fsp3) is 0.0732. The summed E-state index contributed by atoms with van der Waals surface area (Å²) in [5, 5.41) is 7.84. The van der Waals surface area contributed by atoms with Gasteiger partial charge >= 0.3 is 0 Å². The number of hydrogen-bond acceptors (Lipinski definition) is 2. The van der Waals surface area contributed by atoms with Crippen molar-refractivity contribution in [3.63, 3.8) is 0 Å². The van der Waals surface area contributed by atoms with Gasteiger partial charge in [0.05, 0.1) is 5.69 Å². The van der Waals surface area contributed by atoms with Gasteiger partial charge in [-0.3, -0.25) is 0 Å². The van der Waals surface area contributed by atoms with Crippen molar-refractivity contribution in [2.75, 3.05) is 4.90 Å². The van der Waals surface area contributed by atoms with Crippen LogP contribution in [0.25, 0.3) is 52.8 Å². The monoisotopic (exact) mass is 567 g/mol. The lowest BCUT2D eigenvalue weighted by molar-refractivity contribution is 0.660. The molecule has 1 aliphatic rings. The first-order chi connectivity index (χ1) is 21.1. The Hall–Kier alpha value is -4.92. The van der Waals surface area contributed by atoms with E-state index in [0.717, 1.165) is 5.69 Å². The Bertz CT molecular complexity index is 2380. The molecule has 0 radical (unpaired) electrons. The molecule has 43 heavy (non-hydrogen) atoms. The van der Waals surface area contributed by atoms with E-state index in [1.165, 1.54) is 75.3 Å². The minimum absolute atomic E-state index is 0.0669. The summed E-state index contributed by atoms with van der Waals surface area (Å²) in [6, 6.07) is 51.5. The molecule has 0 saturated heterocycles. The molecule has 7 aromatic carbocycles. The summed E-state index contributed by atoms with van der Waals surface area (Å²) in [5.74, 6) is 0. The number of anilines is 3. The molecule has 1 nitrogen and oxygen atoms in total. The maximum Gasteiger partial charge on any atom is 0.0546 e. The van der Waals surface area contributed by atoms with Crippen LogP contribution in [0.5, 0.6) is 0 Å². The lowest BCUT2D eigenvalue weighted by Crippen LogP contribution is -2.16. The zero-order valence-electron chi connectivity index (χ0n) is 24.1. The van der Waals surface area contributed by atoms with Gasteiger partial charge in [-0.2, -0.15) is 0 Å². The van der Waals surface area contributed by atoms with Crippen molar-refractivity contribution in [3.8, 4) is 11.1 Å². The van der Waals surface area contributed by atoms with Crippen molar-refractivity contribution < 1.29 is 0 Å². The third kappa shape index (κ3) is 3.51. The van der Waals surface area contributed by atoms with Crippen molar-refractivity contribution in [3.05, 3.63) is 151 Å². The SMILES string of the molecule is CC1(C)c2ccccc2-c2ccc(N(c3ccccc3)c3cc4ccc5c6ccccc6sc5c4c4ccccc34)cc21. The molecule has 2 heteroatoms. The van der Waals surface area contributed by atoms with Crippen LogP contribution >= 0.6 is 11.3 Å². The van der Waals surface area contributed by atoms with E-state index >= 15 is 0 Å². The fourth-order valence-corrected chi connectivity index (χ4v) is 8.64. The zero-order chi connectivity index (χ0) is 28.7. The van der Waals surface area contributed by atoms with Crippen molar-refractivity contribution >= 4 is 70.1 Å². The van der Waals surface area contributed by atoms with Crippen LogP contribution in [-0.2, 0) is 5.41 Å². The van der Waals surface area contributed by atoms with Crippen molar-refractivity contribution in [1.29, 1.82) is 0 Å². The van der Waals surface area contributed by atoms with Gasteiger partial charge in [-0.1, -0.05) is 117 Å². The first kappa shape index (κ1) is 24.7. The average molecular weight is 568 g/mol. The van der Waals surface area contributed by atoms with Gasteiger partial charge < -0.3 is 4.90 Å². The Morgan fingerprint density at radius 2 is 1.21 bits per heavy atom. The zero-order valence-corrected chi connectivity index (χ0v) is 25.0. The molecule has 0 amide bonds. The van der Waals surface area contributed by atoms with Crippen LogP contribution in [0, 0.1) is 0 Å². The number of nitrogens with zero attached hydrogens (tertiary/aromatic N) is 1. The predicted octanol–water partition coefficient (Wildman–Crippen LogP) is 12.1. The van der Waals surface area contributed by atoms with Gasteiger partial charge in [0.2, 0.25) is 0 Å². The number of benzene rings is 7. The highest BCUT2D eigenvalue weighted by Crippen LogP contribution is 2.51. The van der Waals surface area contributed by atoms with E-state index in [-0.39, 0.29) is 5.41 Å². The first-order valence-electron chi connectivity index (χ1n) is 14.9. The predicted molar refractivity (Wildman–Crippen MR) is 187 cm³/mol. The molecule has 8 aromatic rings. The van der Waals surface area contributed by atoms with Crippen LogP contribution in [0.4, 0.5) is 17.1 Å². The molecule has 0 fully saturated rings. The molecular weight excluding hydrogens is 539 g/mol. The maximum absolute atomic E-state index is 2.45. The second kappa shape index (κ2) is 9.04. The largest absolute Gasteiger partial charge is 0.310 e. The van der Waals surface area contributed by atoms with Crippen molar-refractivity contribution in [2.45, 2.75) is 19.3 Å². The van der Waals surface area contributed by atoms with Crippen LogP contribution in [0.15, 0.2) is 140 Å². The number of hydrogen-bond donors (Lipinski definition) is 0. The number of para-hydroxylation sites is 1. The van der Waals surface area contributed by atoms with Crippen LogP contribution < -0.4 is 4.90 Å². The van der Waals surface area contributed by atoms with E-state index in [4.69, 9.17) is 0 Å². The van der Waals surface area contributed by atoms with E-state index in [1.807, 2.05) is 11.3 Å². The van der Waals surface area contributed by atoms with Gasteiger partial charge in [0.1, 0.15) is 0 Å². The van der Waals surface area contributed by atoms with E-state index < -0.39 is 0 Å². The number of fused-ring (bicyclic) bond motifs is 10. The van der Waals surface area contributed by atoms with Gasteiger partial charge in [-0.05, 0) is 69.4 Å². The molecule has 1 aliphatic carbocycles. The molecule has 1 aromatic heterocycles. The molecule has 0 atom stereocenters. The highest BCUT2D eigenvalue weighted by atomic mass is 32.1. The van der Waals surface area contributed by atoms with Crippen LogP contribution in [0.3, 0.4) is 0 Å². The van der Waals surface area contributed by atoms with Gasteiger partial charge in [0.25, 0.3) is 0 Å². The van der Waals surface area contributed by atoms with Crippen molar-refractivity contribution in [1.82, 2.24) is 0 Å². The molecule has 0 aliphatic heterocycles. The molecule has 0 bridgehead atoms. The second-order valence-corrected chi connectivity index (χ2v) is 13.2. The third-order valence-corrected chi connectivity index (χ3v) is 10.6. The lowest BCUT2D eigenvalue weighted by Gasteiger charge is -2.29. The first-order valence-corrected chi connectivity index (χ1v) is 15.8. The molecule has 9 rings (SSSR count). The van der Waals surface area contributed by atoms with Crippen molar-refractivity contribution in [2.24, 2.45) is 0 Å². The molecule has 204 valence electrons. The van der Waals surface area contributed by atoms with E-state index in [1.54, 1.807) is 0 Å². The Morgan fingerprint density at radius 1 is 0.512 bits per heavy atom. The standard InChI is InChI=1S/C41H29NS/c1-41(2)35-18-10-8-14-29(35)30-23-21-28(25-36(30)41)42(27-12-4-3-5-13-27)37-24-26-20-22-34-32-16-9-11-19-38(32)43-40(34)39(26)33-17-7-6-15-31(33)37/h3-25H,1-2H3. The normalized spacial score (nSPS) is 13.5. The summed E-state index contributed by atoms with van der Waals surface area (Å²) < 4.78 is 2.70. The molecular formula is C41H29NS. The minimum atomic E-state index is -0.0669. The number of rotatable bonds is 3. The van der Waals surface area contributed by atoms with E-state index in [2.05, 4.69) is 158 Å². The minimum Gasteiger partial charge on any atom is -0.310 e. The molecule has 0 unspecified atom stereocenters. The molecule has 1 heterocycles. The third-order valence-electron chi connectivity index (χ3n) is 9.42. The summed E-state index contributed by atoms with van der Waals surface area (Å²) in [5.41, 5.74) is 8.94. The lowest BCUT2D eigenvalue weighted by atomic mass is 9.82. The van der Waals surface area contributed by atoms with Crippen LogP contribution in [0.1, 0.15) is 25.0 Å². The summed E-state index contributed by atoms with van der Waals surface area (Å²) in [6.45, 7) is 4.71. The Labute approximate surface area is 255 Å². The van der Waals surface area contributed by atoms with Gasteiger partial charge in [0.15, 0.2) is 0 Å². The van der Waals surface area contributed by atoms with Crippen LogP contribution in [-0.4, -0.2) is 0 Å². The van der Waals surface area contributed by atoms with Gasteiger partial charge in [0, 0.05) is 47.7 Å². The highest BCUT2D eigenvalue weighted by Gasteiger charge is 2.35. The molecule has 0 saturated carbocycles. The van der Waals surface area contributed by atoms with E-state index in [0.29, 0.717) is 0 Å². The number of thiophene rings is 1. The fourth-order valence-electron chi connectivity index (χ4n) is 7.37. The smallest absolute Gasteiger partial charge is 0.0546 e. The highest BCUT2D eigenvalue weighted by molar-refractivity contribution is 7.26.